The fraction of sp³-hybridized carbons (Fsp3) is 0.333. The number of carbonyl (C=O) groups excluding carboxylic acids is 1. The molecule has 2 N–H and O–H groups in total. The summed E-state index contributed by atoms with van der Waals surface area (Å²) >= 11 is 7.99. The lowest BCUT2D eigenvalue weighted by atomic mass is 10.1. The van der Waals surface area contributed by atoms with Gasteiger partial charge in [0.1, 0.15) is 6.04 Å². The lowest BCUT2D eigenvalue weighted by Gasteiger charge is -2.21. The fourth-order valence-electron chi connectivity index (χ4n) is 2.07. The number of nitrogens with zero attached hydrogens (tertiary/aromatic N) is 1. The molecule has 19 heavy (non-hydrogen) atoms. The Labute approximate surface area is 128 Å². The Bertz CT molecular complexity index is 536. The minimum Gasteiger partial charge on any atom is -0.480 e. The average Bonchev–Trinajstić information content (AvgIpc) is 2.74. The number of carboxylic acids is 1. The molecule has 7 heteroatoms. The van der Waals surface area contributed by atoms with E-state index in [1.165, 1.54) is 11.0 Å². The predicted molar refractivity (Wildman–Crippen MR) is 77.3 cm³/mol. The van der Waals surface area contributed by atoms with Crippen molar-refractivity contribution in [1.82, 2.24) is 4.90 Å². The number of aliphatic hydroxyl groups is 1. The Kier molecular flexibility index (Phi) is 4.32. The molecule has 0 spiro atoms. The Morgan fingerprint density at radius 1 is 1.42 bits per heavy atom. The van der Waals surface area contributed by atoms with Gasteiger partial charge < -0.3 is 15.1 Å². The van der Waals surface area contributed by atoms with Crippen LogP contribution < -0.4 is 0 Å². The molecule has 1 aliphatic rings. The SMILES string of the molecule is O=C(O)C1CC(O)CN1C(=O)c1ccc(I)c(Cl)c1. The second-order valence-electron chi connectivity index (χ2n) is 4.33. The number of aliphatic hydroxyl groups excluding tert-OH is 1. The first-order chi connectivity index (χ1) is 8.90. The number of hydrogen-bond acceptors (Lipinski definition) is 3. The van der Waals surface area contributed by atoms with Crippen molar-refractivity contribution in [3.05, 3.63) is 32.4 Å². The summed E-state index contributed by atoms with van der Waals surface area (Å²) in [7, 11) is 0. The molecule has 1 fully saturated rings. The third-order valence-corrected chi connectivity index (χ3v) is 4.56. The first-order valence-corrected chi connectivity index (χ1v) is 7.02. The summed E-state index contributed by atoms with van der Waals surface area (Å²) in [4.78, 5) is 24.5. The quantitative estimate of drug-likeness (QED) is 0.746. The molecule has 0 bridgehead atoms. The molecule has 2 rings (SSSR count). The highest BCUT2D eigenvalue weighted by molar-refractivity contribution is 14.1. The third kappa shape index (κ3) is 3.01. The molecule has 1 aliphatic heterocycles. The minimum absolute atomic E-state index is 0.0272. The van der Waals surface area contributed by atoms with Crippen LogP contribution in [-0.4, -0.2) is 45.7 Å². The van der Waals surface area contributed by atoms with E-state index in [2.05, 4.69) is 0 Å². The van der Waals surface area contributed by atoms with Crippen LogP contribution in [0.2, 0.25) is 5.02 Å². The van der Waals surface area contributed by atoms with Crippen molar-refractivity contribution >= 4 is 46.1 Å². The van der Waals surface area contributed by atoms with Gasteiger partial charge in [0.05, 0.1) is 11.1 Å². The Morgan fingerprint density at radius 3 is 2.68 bits per heavy atom. The van der Waals surface area contributed by atoms with Crippen molar-refractivity contribution in [3.63, 3.8) is 0 Å². The number of carbonyl (C=O) groups is 2. The summed E-state index contributed by atoms with van der Waals surface area (Å²) < 4.78 is 0.812. The van der Waals surface area contributed by atoms with Gasteiger partial charge in [-0.25, -0.2) is 4.79 Å². The van der Waals surface area contributed by atoms with Gasteiger partial charge in [-0.05, 0) is 40.8 Å². The number of amides is 1. The van der Waals surface area contributed by atoms with Crippen molar-refractivity contribution < 1.29 is 19.8 Å². The molecule has 0 saturated carbocycles. The fourth-order valence-corrected chi connectivity index (χ4v) is 2.58. The number of aliphatic carboxylic acids is 1. The first kappa shape index (κ1) is 14.5. The van der Waals surface area contributed by atoms with E-state index in [1.54, 1.807) is 12.1 Å². The molecular formula is C12H11ClINO4. The van der Waals surface area contributed by atoms with Crippen LogP contribution in [-0.2, 0) is 4.79 Å². The topological polar surface area (TPSA) is 77.8 Å². The maximum Gasteiger partial charge on any atom is 0.326 e. The number of β-amino-alcohol motifs (C(OH)–C–C–N with tert-alkyl or cyclic N) is 1. The Balaban J connectivity index is 2.27. The van der Waals surface area contributed by atoms with E-state index in [0.29, 0.717) is 10.6 Å². The molecule has 1 heterocycles. The van der Waals surface area contributed by atoms with Gasteiger partial charge in [0.25, 0.3) is 5.91 Å². The molecule has 0 radical (unpaired) electrons. The maximum absolute atomic E-state index is 12.3. The van der Waals surface area contributed by atoms with Crippen LogP contribution in [0.5, 0.6) is 0 Å². The summed E-state index contributed by atoms with van der Waals surface area (Å²) in [5, 5.41) is 19.0. The van der Waals surface area contributed by atoms with Crippen molar-refractivity contribution in [1.29, 1.82) is 0 Å². The van der Waals surface area contributed by atoms with Gasteiger partial charge in [-0.15, -0.1) is 0 Å². The monoisotopic (exact) mass is 395 g/mol. The average molecular weight is 396 g/mol. The van der Waals surface area contributed by atoms with Crippen LogP contribution in [0.4, 0.5) is 0 Å². The first-order valence-electron chi connectivity index (χ1n) is 5.57. The molecule has 2 unspecified atom stereocenters. The number of halogens is 2. The number of benzene rings is 1. The van der Waals surface area contributed by atoms with E-state index in [4.69, 9.17) is 16.7 Å². The number of carboxylic acid groups (broad SMARTS) is 1. The molecule has 5 nitrogen and oxygen atoms in total. The molecule has 1 amide bonds. The molecular weight excluding hydrogens is 384 g/mol. The number of rotatable bonds is 2. The summed E-state index contributed by atoms with van der Waals surface area (Å²) in [6.45, 7) is 0.0272. The van der Waals surface area contributed by atoms with Crippen LogP contribution in [0.1, 0.15) is 16.8 Å². The predicted octanol–water partition coefficient (Wildman–Crippen LogP) is 1.60. The van der Waals surface area contributed by atoms with E-state index in [9.17, 15) is 14.7 Å². The normalized spacial score (nSPS) is 22.6. The van der Waals surface area contributed by atoms with Crippen LogP contribution in [0.3, 0.4) is 0 Å². The van der Waals surface area contributed by atoms with Gasteiger partial charge in [-0.1, -0.05) is 11.6 Å². The highest BCUT2D eigenvalue weighted by Gasteiger charge is 2.39. The zero-order valence-corrected chi connectivity index (χ0v) is 12.6. The molecule has 0 aliphatic carbocycles. The van der Waals surface area contributed by atoms with Crippen molar-refractivity contribution in [2.75, 3.05) is 6.54 Å². The molecule has 102 valence electrons. The molecule has 1 saturated heterocycles. The maximum atomic E-state index is 12.3. The van der Waals surface area contributed by atoms with E-state index >= 15 is 0 Å². The van der Waals surface area contributed by atoms with Crippen molar-refractivity contribution in [2.24, 2.45) is 0 Å². The van der Waals surface area contributed by atoms with E-state index < -0.39 is 24.0 Å². The van der Waals surface area contributed by atoms with Crippen molar-refractivity contribution in [3.8, 4) is 0 Å². The Hall–Kier alpha value is -0.860. The number of likely N-dealkylation sites (tertiary alicyclic amines) is 1. The summed E-state index contributed by atoms with van der Waals surface area (Å²) in [6.07, 6.45) is -0.747. The van der Waals surface area contributed by atoms with Gasteiger partial charge in [-0.3, -0.25) is 4.79 Å². The van der Waals surface area contributed by atoms with E-state index in [1.807, 2.05) is 22.6 Å². The summed E-state index contributed by atoms with van der Waals surface area (Å²) in [6, 6.07) is 3.81. The van der Waals surface area contributed by atoms with Crippen LogP contribution >= 0.6 is 34.2 Å². The second kappa shape index (κ2) is 5.64. The lowest BCUT2D eigenvalue weighted by Crippen LogP contribution is -2.40. The van der Waals surface area contributed by atoms with Crippen molar-refractivity contribution in [2.45, 2.75) is 18.6 Å². The standard InChI is InChI=1S/C12H11ClINO4/c13-8-3-6(1-2-9(8)14)11(17)15-5-7(16)4-10(15)12(18)19/h1-3,7,10,16H,4-5H2,(H,18,19). The zero-order valence-electron chi connectivity index (χ0n) is 9.72. The third-order valence-electron chi connectivity index (χ3n) is 2.99. The smallest absolute Gasteiger partial charge is 0.326 e. The van der Waals surface area contributed by atoms with Gasteiger partial charge in [0.15, 0.2) is 0 Å². The summed E-state index contributed by atoms with van der Waals surface area (Å²) in [5.74, 6) is -1.54. The molecule has 1 aromatic rings. The highest BCUT2D eigenvalue weighted by Crippen LogP contribution is 2.24. The van der Waals surface area contributed by atoms with Crippen LogP contribution in [0.25, 0.3) is 0 Å². The minimum atomic E-state index is -1.11. The zero-order chi connectivity index (χ0) is 14.2. The second-order valence-corrected chi connectivity index (χ2v) is 5.90. The van der Waals surface area contributed by atoms with Gasteiger partial charge in [0.2, 0.25) is 0 Å². The number of hydrogen-bond donors (Lipinski definition) is 2. The van der Waals surface area contributed by atoms with E-state index in [-0.39, 0.29) is 13.0 Å². The van der Waals surface area contributed by atoms with Crippen LogP contribution in [0.15, 0.2) is 18.2 Å². The highest BCUT2D eigenvalue weighted by atomic mass is 127. The summed E-state index contributed by atoms with van der Waals surface area (Å²) in [5.41, 5.74) is 0.325. The molecule has 1 aromatic carbocycles. The molecule has 0 aromatic heterocycles. The van der Waals surface area contributed by atoms with Gasteiger partial charge >= 0.3 is 5.97 Å². The van der Waals surface area contributed by atoms with Crippen LogP contribution in [0, 0.1) is 3.57 Å². The van der Waals surface area contributed by atoms with E-state index in [0.717, 1.165) is 3.57 Å². The largest absolute Gasteiger partial charge is 0.480 e. The van der Waals surface area contributed by atoms with Gasteiger partial charge in [0, 0.05) is 22.1 Å². The lowest BCUT2D eigenvalue weighted by molar-refractivity contribution is -0.141. The molecule has 2 atom stereocenters. The Morgan fingerprint density at radius 2 is 2.11 bits per heavy atom. The van der Waals surface area contributed by atoms with Gasteiger partial charge in [-0.2, -0.15) is 0 Å².